The zero-order valence-corrected chi connectivity index (χ0v) is 17.0. The van der Waals surface area contributed by atoms with Gasteiger partial charge in [0.25, 0.3) is 0 Å². The second kappa shape index (κ2) is 9.76. The van der Waals surface area contributed by atoms with Gasteiger partial charge in [0.1, 0.15) is 6.33 Å². The van der Waals surface area contributed by atoms with E-state index in [0.29, 0.717) is 6.54 Å². The quantitative estimate of drug-likeness (QED) is 0.320. The molecule has 0 aliphatic carbocycles. The summed E-state index contributed by atoms with van der Waals surface area (Å²) < 4.78 is 1.88. The Hall–Kier alpha value is -1.29. The molecule has 8 heteroatoms. The third-order valence-electron chi connectivity index (χ3n) is 3.33. The van der Waals surface area contributed by atoms with Crippen molar-refractivity contribution in [3.8, 4) is 0 Å². The summed E-state index contributed by atoms with van der Waals surface area (Å²) >= 11 is 1.76. The molecule has 1 heterocycles. The SMILES string of the molecule is CN=C(NCc1ccc(C)cc1SC)NCc1nncn1C.I. The van der Waals surface area contributed by atoms with Crippen LogP contribution in [0.15, 0.2) is 34.4 Å². The number of benzene rings is 1. The lowest BCUT2D eigenvalue weighted by Crippen LogP contribution is -2.37. The van der Waals surface area contributed by atoms with Crippen LogP contribution in [-0.2, 0) is 20.1 Å². The molecule has 0 fully saturated rings. The molecule has 1 aromatic heterocycles. The maximum absolute atomic E-state index is 4.24. The second-order valence-corrected chi connectivity index (χ2v) is 5.80. The molecule has 23 heavy (non-hydrogen) atoms. The van der Waals surface area contributed by atoms with Crippen molar-refractivity contribution >= 4 is 41.7 Å². The first-order valence-electron chi connectivity index (χ1n) is 7.05. The van der Waals surface area contributed by atoms with Gasteiger partial charge in [0.15, 0.2) is 11.8 Å². The van der Waals surface area contributed by atoms with Crippen molar-refractivity contribution in [2.24, 2.45) is 12.0 Å². The van der Waals surface area contributed by atoms with Gasteiger partial charge in [-0.25, -0.2) is 0 Å². The number of thioether (sulfide) groups is 1. The smallest absolute Gasteiger partial charge is 0.191 e. The summed E-state index contributed by atoms with van der Waals surface area (Å²) in [6, 6.07) is 6.49. The van der Waals surface area contributed by atoms with Crippen LogP contribution in [0.1, 0.15) is 17.0 Å². The molecule has 6 nitrogen and oxygen atoms in total. The second-order valence-electron chi connectivity index (χ2n) is 4.95. The minimum Gasteiger partial charge on any atom is -0.352 e. The van der Waals surface area contributed by atoms with Crippen molar-refractivity contribution in [3.63, 3.8) is 0 Å². The van der Waals surface area contributed by atoms with Crippen molar-refractivity contribution < 1.29 is 0 Å². The fourth-order valence-electron chi connectivity index (χ4n) is 2.03. The zero-order valence-electron chi connectivity index (χ0n) is 13.8. The van der Waals surface area contributed by atoms with E-state index >= 15 is 0 Å². The molecule has 2 aromatic rings. The monoisotopic (exact) mass is 446 g/mol. The van der Waals surface area contributed by atoms with E-state index in [1.807, 2.05) is 11.6 Å². The van der Waals surface area contributed by atoms with Gasteiger partial charge in [0.2, 0.25) is 0 Å². The Morgan fingerprint density at radius 1 is 1.30 bits per heavy atom. The van der Waals surface area contributed by atoms with Crippen LogP contribution in [0.25, 0.3) is 0 Å². The summed E-state index contributed by atoms with van der Waals surface area (Å²) in [6.07, 6.45) is 3.78. The average Bonchev–Trinajstić information content (AvgIpc) is 2.93. The van der Waals surface area contributed by atoms with Crippen molar-refractivity contribution in [1.29, 1.82) is 0 Å². The fourth-order valence-corrected chi connectivity index (χ4v) is 2.73. The Balaban J connectivity index is 0.00000264. The molecule has 0 saturated carbocycles. The molecule has 126 valence electrons. The van der Waals surface area contributed by atoms with Crippen LogP contribution >= 0.6 is 35.7 Å². The number of aliphatic imine (C=N–C) groups is 1. The highest BCUT2D eigenvalue weighted by Crippen LogP contribution is 2.21. The maximum atomic E-state index is 4.24. The van der Waals surface area contributed by atoms with Gasteiger partial charge in [-0.3, -0.25) is 4.99 Å². The van der Waals surface area contributed by atoms with Crippen LogP contribution in [-0.4, -0.2) is 34.0 Å². The number of guanidine groups is 1. The molecule has 0 atom stereocenters. The van der Waals surface area contributed by atoms with Gasteiger partial charge in [0, 0.05) is 25.5 Å². The predicted molar refractivity (Wildman–Crippen MR) is 106 cm³/mol. The average molecular weight is 446 g/mol. The van der Waals surface area contributed by atoms with Gasteiger partial charge in [-0.05, 0) is 30.4 Å². The molecule has 0 unspecified atom stereocenters. The van der Waals surface area contributed by atoms with Crippen molar-refractivity contribution in [2.45, 2.75) is 24.9 Å². The topological polar surface area (TPSA) is 67.1 Å². The molecule has 2 rings (SSSR count). The molecule has 0 bridgehead atoms. The molecule has 0 spiro atoms. The molecular formula is C15H23IN6S. The summed E-state index contributed by atoms with van der Waals surface area (Å²) in [5.41, 5.74) is 2.54. The Labute approximate surface area is 158 Å². The molecule has 2 N–H and O–H groups in total. The van der Waals surface area contributed by atoms with Gasteiger partial charge >= 0.3 is 0 Å². The van der Waals surface area contributed by atoms with Crippen molar-refractivity contribution in [1.82, 2.24) is 25.4 Å². The van der Waals surface area contributed by atoms with E-state index in [0.717, 1.165) is 18.3 Å². The summed E-state index contributed by atoms with van der Waals surface area (Å²) in [7, 11) is 3.68. The van der Waals surface area contributed by atoms with Crippen molar-refractivity contribution in [3.05, 3.63) is 41.5 Å². The summed E-state index contributed by atoms with van der Waals surface area (Å²) in [4.78, 5) is 5.52. The molecule has 0 aliphatic rings. The van der Waals surface area contributed by atoms with Crippen LogP contribution in [0.4, 0.5) is 0 Å². The highest BCUT2D eigenvalue weighted by Gasteiger charge is 2.05. The number of hydrogen-bond donors (Lipinski definition) is 2. The van der Waals surface area contributed by atoms with Crippen LogP contribution < -0.4 is 10.6 Å². The van der Waals surface area contributed by atoms with Gasteiger partial charge < -0.3 is 15.2 Å². The van der Waals surface area contributed by atoms with Crippen LogP contribution in [0.5, 0.6) is 0 Å². The Morgan fingerprint density at radius 2 is 2.04 bits per heavy atom. The van der Waals surface area contributed by atoms with Crippen LogP contribution in [0.3, 0.4) is 0 Å². The molecule has 0 aliphatic heterocycles. The first kappa shape index (κ1) is 19.8. The van der Waals surface area contributed by atoms with E-state index in [2.05, 4.69) is 57.2 Å². The van der Waals surface area contributed by atoms with Gasteiger partial charge in [0.05, 0.1) is 6.54 Å². The normalized spacial score (nSPS) is 11.0. The molecular weight excluding hydrogens is 423 g/mol. The van der Waals surface area contributed by atoms with Crippen LogP contribution in [0, 0.1) is 6.92 Å². The standard InChI is InChI=1S/C15H22N6S.HI/c1-11-5-6-12(13(7-11)22-4)8-17-15(16-2)18-9-14-20-19-10-21(14)3;/h5-7,10H,8-9H2,1-4H3,(H2,16,17,18);1H. The van der Waals surface area contributed by atoms with E-state index in [4.69, 9.17) is 0 Å². The third-order valence-corrected chi connectivity index (χ3v) is 4.15. The van der Waals surface area contributed by atoms with Gasteiger partial charge in [-0.2, -0.15) is 0 Å². The zero-order chi connectivity index (χ0) is 15.9. The Bertz CT molecular complexity index is 655. The third kappa shape index (κ3) is 5.69. The van der Waals surface area contributed by atoms with E-state index in [1.54, 1.807) is 25.1 Å². The van der Waals surface area contributed by atoms with E-state index in [-0.39, 0.29) is 24.0 Å². The first-order chi connectivity index (χ1) is 10.6. The lowest BCUT2D eigenvalue weighted by molar-refractivity contribution is 0.724. The molecule has 0 radical (unpaired) electrons. The number of aromatic nitrogens is 3. The summed E-state index contributed by atoms with van der Waals surface area (Å²) in [5, 5.41) is 14.5. The lowest BCUT2D eigenvalue weighted by Gasteiger charge is -2.13. The Kier molecular flexibility index (Phi) is 8.38. The van der Waals surface area contributed by atoms with Crippen molar-refractivity contribution in [2.75, 3.05) is 13.3 Å². The first-order valence-corrected chi connectivity index (χ1v) is 8.27. The predicted octanol–water partition coefficient (Wildman–Crippen LogP) is 2.33. The van der Waals surface area contributed by atoms with Gasteiger partial charge in [-0.1, -0.05) is 12.1 Å². The molecule has 1 aromatic carbocycles. The highest BCUT2D eigenvalue weighted by molar-refractivity contribution is 14.0. The largest absolute Gasteiger partial charge is 0.352 e. The highest BCUT2D eigenvalue weighted by atomic mass is 127. The number of halogens is 1. The lowest BCUT2D eigenvalue weighted by atomic mass is 10.1. The van der Waals surface area contributed by atoms with Gasteiger partial charge in [-0.15, -0.1) is 45.9 Å². The minimum atomic E-state index is 0. The number of hydrogen-bond acceptors (Lipinski definition) is 4. The molecule has 0 amide bonds. The number of nitrogens with zero attached hydrogens (tertiary/aromatic N) is 4. The summed E-state index contributed by atoms with van der Waals surface area (Å²) in [5.74, 6) is 1.61. The number of rotatable bonds is 5. The Morgan fingerprint density at radius 3 is 2.65 bits per heavy atom. The summed E-state index contributed by atoms with van der Waals surface area (Å²) in [6.45, 7) is 3.42. The fraction of sp³-hybridized carbons (Fsp3) is 0.400. The van der Waals surface area contributed by atoms with E-state index in [9.17, 15) is 0 Å². The van der Waals surface area contributed by atoms with Crippen LogP contribution in [0.2, 0.25) is 0 Å². The minimum absolute atomic E-state index is 0. The number of aryl methyl sites for hydroxylation is 2. The van der Waals surface area contributed by atoms with E-state index in [1.165, 1.54) is 16.0 Å². The number of nitrogens with one attached hydrogen (secondary N) is 2. The molecule has 0 saturated heterocycles. The van der Waals surface area contributed by atoms with E-state index < -0.39 is 0 Å². The maximum Gasteiger partial charge on any atom is 0.191 e.